The molecule has 2 saturated heterocycles. The average molecular weight is 551 g/mol. The first-order valence-electron chi connectivity index (χ1n) is 10.5. The number of carbonyl (C=O) groups is 1. The summed E-state index contributed by atoms with van der Waals surface area (Å²) in [6.07, 6.45) is 4.72. The zero-order chi connectivity index (χ0) is 20.9. The molecule has 1 atom stereocenters. The van der Waals surface area contributed by atoms with E-state index >= 15 is 0 Å². The Labute approximate surface area is 200 Å². The van der Waals surface area contributed by atoms with E-state index in [2.05, 4.69) is 19.8 Å². The Morgan fingerprint density at radius 1 is 1.27 bits per heavy atom. The Bertz CT molecular complexity index is 686. The van der Waals surface area contributed by atoms with Crippen LogP contribution < -0.4 is 10.6 Å². The van der Waals surface area contributed by atoms with Crippen LogP contribution in [-0.2, 0) is 4.74 Å². The fourth-order valence-corrected chi connectivity index (χ4v) is 4.45. The Morgan fingerprint density at radius 3 is 2.63 bits per heavy atom. The summed E-state index contributed by atoms with van der Waals surface area (Å²) in [6.45, 7) is 11.5. The topological polar surface area (TPSA) is 87.3 Å². The van der Waals surface area contributed by atoms with Crippen LogP contribution in [0.2, 0.25) is 0 Å². The molecule has 2 N–H and O–H groups in total. The third-order valence-corrected chi connectivity index (χ3v) is 6.11. The van der Waals surface area contributed by atoms with E-state index in [1.165, 1.54) is 0 Å². The number of halogens is 1. The van der Waals surface area contributed by atoms with Crippen molar-refractivity contribution in [2.45, 2.75) is 45.6 Å². The highest BCUT2D eigenvalue weighted by Gasteiger charge is 2.27. The van der Waals surface area contributed by atoms with E-state index in [0.717, 1.165) is 63.7 Å². The second kappa shape index (κ2) is 11.4. The second-order valence-corrected chi connectivity index (χ2v) is 9.62. The number of rotatable bonds is 4. The molecule has 0 aromatic carbocycles. The minimum Gasteiger partial charge on any atom is -0.444 e. The molecule has 3 heterocycles. The van der Waals surface area contributed by atoms with E-state index in [0.29, 0.717) is 18.4 Å². The molecule has 170 valence electrons. The van der Waals surface area contributed by atoms with Crippen LogP contribution in [0.25, 0.3) is 0 Å². The van der Waals surface area contributed by atoms with Crippen molar-refractivity contribution < 1.29 is 9.53 Å². The predicted molar refractivity (Wildman–Crippen MR) is 133 cm³/mol. The highest BCUT2D eigenvalue weighted by atomic mass is 127. The highest BCUT2D eigenvalue weighted by Crippen LogP contribution is 2.22. The van der Waals surface area contributed by atoms with Gasteiger partial charge in [-0.2, -0.15) is 0 Å². The smallest absolute Gasteiger partial charge is 0.410 e. The number of aliphatic imine (C=N–C) groups is 1. The van der Waals surface area contributed by atoms with Gasteiger partial charge in [-0.05, 0) is 46.0 Å². The van der Waals surface area contributed by atoms with E-state index in [-0.39, 0.29) is 30.1 Å². The van der Waals surface area contributed by atoms with Gasteiger partial charge in [0.25, 0.3) is 0 Å². The van der Waals surface area contributed by atoms with Crippen molar-refractivity contribution in [2.24, 2.45) is 16.6 Å². The van der Waals surface area contributed by atoms with Gasteiger partial charge in [0.15, 0.2) is 11.1 Å². The van der Waals surface area contributed by atoms with Gasteiger partial charge in [-0.15, -0.1) is 35.3 Å². The third-order valence-electron chi connectivity index (χ3n) is 5.28. The Kier molecular flexibility index (Phi) is 9.45. The van der Waals surface area contributed by atoms with Gasteiger partial charge in [0.05, 0.1) is 0 Å². The molecule has 1 unspecified atom stereocenters. The molecule has 0 bridgehead atoms. The van der Waals surface area contributed by atoms with Crippen molar-refractivity contribution in [3.63, 3.8) is 0 Å². The Hall–Kier alpha value is -1.30. The van der Waals surface area contributed by atoms with Crippen molar-refractivity contribution in [2.75, 3.05) is 50.7 Å². The Morgan fingerprint density at radius 2 is 2.00 bits per heavy atom. The molecule has 0 radical (unpaired) electrons. The van der Waals surface area contributed by atoms with Crippen LogP contribution >= 0.6 is 35.3 Å². The molecule has 10 heteroatoms. The van der Waals surface area contributed by atoms with Crippen LogP contribution in [0.3, 0.4) is 0 Å². The van der Waals surface area contributed by atoms with Crippen LogP contribution in [0.4, 0.5) is 9.93 Å². The SMILES string of the molecule is CC(C)(C)OC(=O)N1CCCC(CCN=C(N)N2CCN(c3nccs3)CC2)C1.I. The molecule has 8 nitrogen and oxygen atoms in total. The van der Waals surface area contributed by atoms with E-state index in [1.807, 2.05) is 37.2 Å². The first-order chi connectivity index (χ1) is 13.8. The molecule has 0 saturated carbocycles. The summed E-state index contributed by atoms with van der Waals surface area (Å²) in [4.78, 5) is 27.6. The largest absolute Gasteiger partial charge is 0.444 e. The van der Waals surface area contributed by atoms with E-state index in [9.17, 15) is 4.79 Å². The fourth-order valence-electron chi connectivity index (χ4n) is 3.75. The molecule has 2 aliphatic rings. The zero-order valence-electron chi connectivity index (χ0n) is 18.2. The van der Waals surface area contributed by atoms with Crippen molar-refractivity contribution in [1.29, 1.82) is 0 Å². The van der Waals surface area contributed by atoms with Crippen molar-refractivity contribution in [3.8, 4) is 0 Å². The van der Waals surface area contributed by atoms with Crippen LogP contribution in [0.5, 0.6) is 0 Å². The summed E-state index contributed by atoms with van der Waals surface area (Å²) in [7, 11) is 0. The first-order valence-corrected chi connectivity index (χ1v) is 11.4. The third kappa shape index (κ3) is 7.44. The lowest BCUT2D eigenvalue weighted by atomic mass is 9.95. The van der Waals surface area contributed by atoms with Crippen LogP contribution in [0, 0.1) is 5.92 Å². The number of anilines is 1. The van der Waals surface area contributed by atoms with E-state index < -0.39 is 5.60 Å². The molecular weight excluding hydrogens is 515 g/mol. The van der Waals surface area contributed by atoms with Gasteiger partial charge in [-0.1, -0.05) is 0 Å². The standard InChI is InChI=1S/C20H34N6O2S.HI/c1-20(2,3)28-19(27)26-9-4-5-16(15-26)6-7-22-17(21)24-10-12-25(13-11-24)18-23-8-14-29-18;/h8,14,16H,4-7,9-13,15H2,1-3H3,(H2,21,22);1H. The maximum Gasteiger partial charge on any atom is 0.410 e. The van der Waals surface area contributed by atoms with E-state index in [4.69, 9.17) is 10.5 Å². The number of hydrogen-bond donors (Lipinski definition) is 1. The maximum atomic E-state index is 12.3. The molecule has 1 aromatic rings. The molecular formula is C20H35IN6O2S. The van der Waals surface area contributed by atoms with Gasteiger partial charge in [0.2, 0.25) is 0 Å². The monoisotopic (exact) mass is 550 g/mol. The summed E-state index contributed by atoms with van der Waals surface area (Å²) in [5.74, 6) is 1.08. The normalized spacial score (nSPS) is 20.7. The van der Waals surface area contributed by atoms with Crippen LogP contribution in [0.15, 0.2) is 16.6 Å². The van der Waals surface area contributed by atoms with Gasteiger partial charge >= 0.3 is 6.09 Å². The maximum absolute atomic E-state index is 12.3. The number of guanidine groups is 1. The number of ether oxygens (including phenoxy) is 1. The zero-order valence-corrected chi connectivity index (χ0v) is 21.4. The molecule has 1 aromatic heterocycles. The van der Waals surface area contributed by atoms with Crippen molar-refractivity contribution in [3.05, 3.63) is 11.6 Å². The minimum atomic E-state index is -0.452. The van der Waals surface area contributed by atoms with Crippen LogP contribution in [0.1, 0.15) is 40.0 Å². The number of hydrogen-bond acceptors (Lipinski definition) is 6. The van der Waals surface area contributed by atoms with Gasteiger partial charge in [0, 0.05) is 57.4 Å². The summed E-state index contributed by atoms with van der Waals surface area (Å²) in [5.41, 5.74) is 5.78. The minimum absolute atomic E-state index is 0. The summed E-state index contributed by atoms with van der Waals surface area (Å²) >= 11 is 1.67. The highest BCUT2D eigenvalue weighted by molar-refractivity contribution is 14.0. The van der Waals surface area contributed by atoms with Gasteiger partial charge < -0.3 is 25.2 Å². The lowest BCUT2D eigenvalue weighted by Crippen LogP contribution is -2.51. The predicted octanol–water partition coefficient (Wildman–Crippen LogP) is 3.24. The molecule has 30 heavy (non-hydrogen) atoms. The number of likely N-dealkylation sites (tertiary alicyclic amines) is 1. The number of nitrogens with two attached hydrogens (primary N) is 1. The lowest BCUT2D eigenvalue weighted by molar-refractivity contribution is 0.0163. The lowest BCUT2D eigenvalue weighted by Gasteiger charge is -2.35. The number of piperidine rings is 1. The summed E-state index contributed by atoms with van der Waals surface area (Å²) in [5, 5.41) is 3.08. The number of amides is 1. The van der Waals surface area contributed by atoms with Crippen molar-refractivity contribution >= 4 is 52.5 Å². The first kappa shape index (κ1) is 25.0. The number of aromatic nitrogens is 1. The molecule has 0 spiro atoms. The van der Waals surface area contributed by atoms with Crippen LogP contribution in [-0.4, -0.2) is 78.3 Å². The average Bonchev–Trinajstić information content (AvgIpc) is 3.22. The number of nitrogens with zero attached hydrogens (tertiary/aromatic N) is 5. The van der Waals surface area contributed by atoms with E-state index in [1.54, 1.807) is 11.3 Å². The molecule has 2 aliphatic heterocycles. The molecule has 2 fully saturated rings. The molecule has 1 amide bonds. The van der Waals surface area contributed by atoms with Gasteiger partial charge in [-0.3, -0.25) is 4.99 Å². The Balaban J connectivity index is 0.00000320. The molecule has 0 aliphatic carbocycles. The summed E-state index contributed by atoms with van der Waals surface area (Å²) in [6, 6.07) is 0. The summed E-state index contributed by atoms with van der Waals surface area (Å²) < 4.78 is 5.51. The quantitative estimate of drug-likeness (QED) is 0.352. The van der Waals surface area contributed by atoms with Gasteiger partial charge in [0.1, 0.15) is 5.60 Å². The number of carbonyl (C=O) groups excluding carboxylic acids is 1. The number of piperazine rings is 1. The second-order valence-electron chi connectivity index (χ2n) is 8.75. The fraction of sp³-hybridized carbons (Fsp3) is 0.750. The van der Waals surface area contributed by atoms with Gasteiger partial charge in [-0.25, -0.2) is 9.78 Å². The number of thiazole rings is 1. The molecule has 3 rings (SSSR count). The van der Waals surface area contributed by atoms with Crippen molar-refractivity contribution in [1.82, 2.24) is 14.8 Å².